The molecule has 0 aromatic heterocycles. The summed E-state index contributed by atoms with van der Waals surface area (Å²) in [4.78, 5) is 80.3. The Hall–Kier alpha value is -3.39. The number of fused-ring (bicyclic) bond motifs is 1. The summed E-state index contributed by atoms with van der Waals surface area (Å²) in [5.74, 6) is -4.59. The molecule has 1 saturated heterocycles. The van der Waals surface area contributed by atoms with Crippen LogP contribution in [0, 0.1) is 39.9 Å². The zero-order valence-corrected chi connectivity index (χ0v) is 28.2. The van der Waals surface area contributed by atoms with Gasteiger partial charge in [0.15, 0.2) is 0 Å². The van der Waals surface area contributed by atoms with Crippen LogP contribution >= 0.6 is 0 Å². The number of piperidine rings is 1. The molecule has 12 nitrogen and oxygen atoms in total. The van der Waals surface area contributed by atoms with Crippen molar-refractivity contribution in [2.75, 3.05) is 13.2 Å². The zero-order chi connectivity index (χ0) is 35.6. The first-order valence-electron chi connectivity index (χ1n) is 16.9. The van der Waals surface area contributed by atoms with E-state index in [4.69, 9.17) is 10.5 Å². The van der Waals surface area contributed by atoms with E-state index in [1.165, 1.54) is 4.90 Å². The van der Waals surface area contributed by atoms with E-state index in [1.54, 1.807) is 20.8 Å². The third-order valence-corrected chi connectivity index (χ3v) is 11.4. The molecule has 4 saturated carbocycles. The van der Waals surface area contributed by atoms with Crippen LogP contribution in [0.3, 0.4) is 0 Å². The third-order valence-electron chi connectivity index (χ3n) is 11.4. The molecular weight excluding hydrogens is 635 g/mol. The number of nitrogens with two attached hydrogens (primary N) is 1. The fourth-order valence-corrected chi connectivity index (χ4v) is 7.51. The minimum Gasteiger partial charge on any atom is -0.464 e. The predicted molar refractivity (Wildman–Crippen MR) is 164 cm³/mol. The molecule has 1 heterocycles. The van der Waals surface area contributed by atoms with Gasteiger partial charge in [0.05, 0.1) is 18.1 Å². The Morgan fingerprint density at radius 1 is 0.938 bits per heavy atom. The maximum atomic E-state index is 14.2. The lowest BCUT2D eigenvalue weighted by Gasteiger charge is -2.38. The molecule has 5 amide bonds. The zero-order valence-electron chi connectivity index (χ0n) is 28.2. The summed E-state index contributed by atoms with van der Waals surface area (Å²) in [6.45, 7) is 9.05. The smallest absolute Gasteiger partial charge is 0.397 e. The Kier molecular flexibility index (Phi) is 9.35. The predicted octanol–water partition coefficient (Wildman–Crippen LogP) is 2.58. The lowest BCUT2D eigenvalue weighted by Crippen LogP contribution is -2.63. The first kappa shape index (κ1) is 35.9. The Bertz CT molecular complexity index is 1350. The van der Waals surface area contributed by atoms with Gasteiger partial charge in [0.1, 0.15) is 18.1 Å². The highest BCUT2D eigenvalue weighted by atomic mass is 19.4. The summed E-state index contributed by atoms with van der Waals surface area (Å²) in [6.07, 6.45) is -0.933. The van der Waals surface area contributed by atoms with Crippen LogP contribution in [-0.4, -0.2) is 83.9 Å². The first-order valence-corrected chi connectivity index (χ1v) is 16.9. The van der Waals surface area contributed by atoms with E-state index in [0.29, 0.717) is 0 Å². The molecule has 0 spiro atoms. The highest BCUT2D eigenvalue weighted by Crippen LogP contribution is 2.65. The molecule has 5 aliphatic rings. The number of rotatable bonds is 13. The van der Waals surface area contributed by atoms with Crippen LogP contribution in [0.5, 0.6) is 0 Å². The number of primary amides is 1. The summed E-state index contributed by atoms with van der Waals surface area (Å²) in [5.41, 5.74) is 1.55. The first-order chi connectivity index (χ1) is 22.2. The highest BCUT2D eigenvalue weighted by Gasteiger charge is 2.71. The third kappa shape index (κ3) is 7.01. The van der Waals surface area contributed by atoms with E-state index < -0.39 is 76.7 Å². The van der Waals surface area contributed by atoms with Crippen molar-refractivity contribution < 1.29 is 46.7 Å². The number of ketones is 1. The second-order valence-corrected chi connectivity index (χ2v) is 16.3. The number of halogens is 3. The number of alkyl halides is 3. The van der Waals surface area contributed by atoms with Crippen LogP contribution in [0.1, 0.15) is 86.0 Å². The molecule has 0 aromatic rings. The van der Waals surface area contributed by atoms with E-state index in [2.05, 4.69) is 16.0 Å². The monoisotopic (exact) mass is 683 g/mol. The molecule has 0 radical (unpaired) electrons. The van der Waals surface area contributed by atoms with Crippen molar-refractivity contribution in [3.05, 3.63) is 0 Å². The van der Waals surface area contributed by atoms with Gasteiger partial charge in [-0.15, -0.1) is 0 Å². The van der Waals surface area contributed by atoms with Crippen molar-refractivity contribution in [3.63, 3.8) is 0 Å². The largest absolute Gasteiger partial charge is 0.464 e. The minimum atomic E-state index is -4.78. The van der Waals surface area contributed by atoms with Crippen molar-refractivity contribution in [2.24, 2.45) is 45.7 Å². The van der Waals surface area contributed by atoms with Gasteiger partial charge in [0.25, 0.3) is 5.91 Å². The number of nitrogens with one attached hydrogen (secondary N) is 3. The van der Waals surface area contributed by atoms with Crippen LogP contribution in [0.15, 0.2) is 0 Å². The molecule has 1 unspecified atom stereocenters. The number of carbonyl (C=O) groups excluding carboxylic acids is 6. The van der Waals surface area contributed by atoms with Gasteiger partial charge < -0.3 is 31.3 Å². The number of likely N-dealkylation sites (tertiary alicyclic amines) is 1. The van der Waals surface area contributed by atoms with Crippen molar-refractivity contribution in [2.45, 2.75) is 116 Å². The van der Waals surface area contributed by atoms with Crippen LogP contribution in [0.25, 0.3) is 0 Å². The van der Waals surface area contributed by atoms with Gasteiger partial charge >= 0.3 is 18.2 Å². The number of esters is 1. The Morgan fingerprint density at radius 2 is 1.56 bits per heavy atom. The van der Waals surface area contributed by atoms with E-state index >= 15 is 0 Å². The maximum absolute atomic E-state index is 14.2. The van der Waals surface area contributed by atoms with Gasteiger partial charge in [-0.3, -0.25) is 19.2 Å². The number of amides is 5. The summed E-state index contributed by atoms with van der Waals surface area (Å²) < 4.78 is 47.6. The molecule has 0 bridgehead atoms. The number of carbonyl (C=O) groups is 6. The standard InChI is InChI=1S/C33H48F3N5O7/c1-30(2,3)23(39-29(47)40-24(28(46)48-15-17-9-10-17)32(11-12-32)33(34,35)36)27(45)41-14-18-20(31(18,4)5)21(41)26(44)38-19(22(42)25(37)43)13-16-7-6-8-16/h16-21,23-24H,6-15H2,1-5H3,(H2,37,43)(H,38,44)(H2,39,40,47)/t18-,19?,20-,21-,23+,24+/m0/s1. The number of hydrogen-bond donors (Lipinski definition) is 4. The lowest BCUT2D eigenvalue weighted by atomic mass is 9.80. The van der Waals surface area contributed by atoms with E-state index in [0.717, 1.165) is 32.1 Å². The molecule has 6 atom stereocenters. The molecular formula is C33H48F3N5O7. The lowest BCUT2D eigenvalue weighted by molar-refractivity contribution is -0.202. The topological polar surface area (TPSA) is 177 Å². The second-order valence-electron chi connectivity index (χ2n) is 16.3. The second kappa shape index (κ2) is 12.5. The number of urea groups is 1. The average Bonchev–Trinajstić information content (AvgIpc) is 3.90. The van der Waals surface area contributed by atoms with Crippen molar-refractivity contribution in [1.29, 1.82) is 0 Å². The van der Waals surface area contributed by atoms with Crippen LogP contribution in [0.2, 0.25) is 0 Å². The molecule has 15 heteroatoms. The molecule has 5 fully saturated rings. The van der Waals surface area contributed by atoms with Gasteiger partial charge in [-0.2, -0.15) is 13.2 Å². The normalized spacial score (nSPS) is 27.3. The molecule has 5 rings (SSSR count). The fraction of sp³-hybridized carbons (Fsp3) is 0.818. The summed E-state index contributed by atoms with van der Waals surface area (Å²) >= 11 is 0. The van der Waals surface area contributed by atoms with Gasteiger partial charge in [-0.1, -0.05) is 53.9 Å². The van der Waals surface area contributed by atoms with Crippen molar-refractivity contribution >= 4 is 35.5 Å². The minimum absolute atomic E-state index is 0.0285. The Morgan fingerprint density at radius 3 is 2.04 bits per heavy atom. The van der Waals surface area contributed by atoms with Crippen molar-refractivity contribution in [3.8, 4) is 0 Å². The van der Waals surface area contributed by atoms with Gasteiger partial charge in [0.2, 0.25) is 17.6 Å². The number of Topliss-reactive ketones (excluding diaryl/α,β-unsaturated/α-hetero) is 1. The quantitative estimate of drug-likeness (QED) is 0.170. The Balaban J connectivity index is 1.33. The molecule has 5 N–H and O–H groups in total. The number of nitrogens with zero attached hydrogens (tertiary/aromatic N) is 1. The number of ether oxygens (including phenoxy) is 1. The van der Waals surface area contributed by atoms with E-state index in [9.17, 15) is 41.9 Å². The average molecular weight is 684 g/mol. The van der Waals surface area contributed by atoms with E-state index in [1.807, 2.05) is 13.8 Å². The summed E-state index contributed by atoms with van der Waals surface area (Å²) in [5, 5.41) is 7.39. The van der Waals surface area contributed by atoms with Gasteiger partial charge in [-0.25, -0.2) is 9.59 Å². The molecule has 48 heavy (non-hydrogen) atoms. The van der Waals surface area contributed by atoms with E-state index in [-0.39, 0.29) is 61.5 Å². The molecule has 4 aliphatic carbocycles. The van der Waals surface area contributed by atoms with Gasteiger partial charge in [0, 0.05) is 6.54 Å². The van der Waals surface area contributed by atoms with Crippen LogP contribution in [-0.2, 0) is 28.7 Å². The SMILES string of the molecule is CC(C)(C)[C@H](NC(=O)N[C@H](C(=O)OCC1CC1)C1(C(F)(F)F)CC1)C(=O)N1C[C@H]2[C@@H]([C@H]1C(=O)NC(CC1CCC1)C(=O)C(N)=O)C2(C)C. The van der Waals surface area contributed by atoms with Crippen LogP contribution < -0.4 is 21.7 Å². The van der Waals surface area contributed by atoms with Crippen molar-refractivity contribution in [1.82, 2.24) is 20.9 Å². The maximum Gasteiger partial charge on any atom is 0.397 e. The fourth-order valence-electron chi connectivity index (χ4n) is 7.51. The summed E-state index contributed by atoms with van der Waals surface area (Å²) in [6, 6.07) is -6.62. The molecule has 268 valence electrons. The number of hydrogen-bond acceptors (Lipinski definition) is 7. The van der Waals surface area contributed by atoms with Crippen LogP contribution in [0.4, 0.5) is 18.0 Å². The Labute approximate surface area is 278 Å². The highest BCUT2D eigenvalue weighted by molar-refractivity contribution is 6.37. The summed E-state index contributed by atoms with van der Waals surface area (Å²) in [7, 11) is 0. The molecule has 1 aliphatic heterocycles. The molecule has 0 aromatic carbocycles. The van der Waals surface area contributed by atoms with Gasteiger partial charge in [-0.05, 0) is 66.6 Å².